The Balaban J connectivity index is 2.19. The maximum Gasteiger partial charge on any atom is 0.401 e. The Kier molecular flexibility index (Phi) is 5.32. The summed E-state index contributed by atoms with van der Waals surface area (Å²) in [5.41, 5.74) is 3.11. The van der Waals surface area contributed by atoms with Gasteiger partial charge >= 0.3 is 6.18 Å². The second-order valence-corrected chi connectivity index (χ2v) is 8.20. The van der Waals surface area contributed by atoms with Crippen LogP contribution in [0.4, 0.5) is 13.2 Å². The predicted octanol–water partition coefficient (Wildman–Crippen LogP) is 2.84. The van der Waals surface area contributed by atoms with Gasteiger partial charge in [0.1, 0.15) is 0 Å². The average molecular weight is 364 g/mol. The third kappa shape index (κ3) is 4.29. The molecule has 1 heterocycles. The maximum absolute atomic E-state index is 12.8. The van der Waals surface area contributed by atoms with E-state index in [-0.39, 0.29) is 18.0 Å². The van der Waals surface area contributed by atoms with Crippen molar-refractivity contribution in [2.24, 2.45) is 0 Å². The lowest BCUT2D eigenvalue weighted by Crippen LogP contribution is -2.39. The van der Waals surface area contributed by atoms with Crippen LogP contribution in [0.15, 0.2) is 11.0 Å². The van der Waals surface area contributed by atoms with E-state index in [1.165, 1.54) is 4.90 Å². The van der Waals surface area contributed by atoms with Gasteiger partial charge in [0.2, 0.25) is 10.0 Å². The molecule has 1 aromatic carbocycles. The van der Waals surface area contributed by atoms with Gasteiger partial charge in [-0.25, -0.2) is 13.1 Å². The molecule has 8 heteroatoms. The van der Waals surface area contributed by atoms with Crippen molar-refractivity contribution >= 4 is 10.0 Å². The number of nitrogens with one attached hydrogen (secondary N) is 1. The van der Waals surface area contributed by atoms with E-state index in [1.807, 2.05) is 19.9 Å². The first-order valence-corrected chi connectivity index (χ1v) is 9.28. The van der Waals surface area contributed by atoms with E-state index in [0.717, 1.165) is 11.1 Å². The normalized spacial score (nSPS) is 19.9. The Labute approximate surface area is 141 Å². The summed E-state index contributed by atoms with van der Waals surface area (Å²) in [6.07, 6.45) is -3.90. The van der Waals surface area contributed by atoms with E-state index in [4.69, 9.17) is 0 Å². The summed E-state index contributed by atoms with van der Waals surface area (Å²) >= 11 is 0. The first kappa shape index (κ1) is 19.2. The number of nitrogens with zero attached hydrogens (tertiary/aromatic N) is 1. The van der Waals surface area contributed by atoms with E-state index >= 15 is 0 Å². The number of aryl methyl sites for hydroxylation is 2. The van der Waals surface area contributed by atoms with Gasteiger partial charge in [-0.15, -0.1) is 0 Å². The first-order valence-electron chi connectivity index (χ1n) is 7.79. The lowest BCUT2D eigenvalue weighted by molar-refractivity contribution is -0.143. The molecule has 1 saturated heterocycles. The molecule has 0 amide bonds. The first-order chi connectivity index (χ1) is 10.9. The molecule has 24 heavy (non-hydrogen) atoms. The van der Waals surface area contributed by atoms with E-state index in [2.05, 4.69) is 4.72 Å². The molecular weight excluding hydrogens is 341 g/mol. The minimum atomic E-state index is -4.27. The van der Waals surface area contributed by atoms with E-state index < -0.39 is 28.8 Å². The van der Waals surface area contributed by atoms with Crippen molar-refractivity contribution in [2.45, 2.75) is 51.2 Å². The minimum absolute atomic E-state index is 0.0711. The Morgan fingerprint density at radius 1 is 1.17 bits per heavy atom. The van der Waals surface area contributed by atoms with Gasteiger partial charge in [0.15, 0.2) is 0 Å². The van der Waals surface area contributed by atoms with Gasteiger partial charge in [-0.1, -0.05) is 6.07 Å². The van der Waals surface area contributed by atoms with Gasteiger partial charge in [-0.3, -0.25) is 4.90 Å². The van der Waals surface area contributed by atoms with Crippen LogP contribution >= 0.6 is 0 Å². The average Bonchev–Trinajstić information content (AvgIpc) is 2.80. The third-order valence-corrected chi connectivity index (χ3v) is 6.36. The van der Waals surface area contributed by atoms with Crippen LogP contribution in [0.3, 0.4) is 0 Å². The van der Waals surface area contributed by atoms with Crippen molar-refractivity contribution in [1.29, 1.82) is 0 Å². The monoisotopic (exact) mass is 364 g/mol. The summed E-state index contributed by atoms with van der Waals surface area (Å²) in [5.74, 6) is 0. The molecule has 0 spiro atoms. The Hall–Kier alpha value is -1.12. The van der Waals surface area contributed by atoms with Gasteiger partial charge in [0.25, 0.3) is 0 Å². The Bertz CT molecular complexity index is 704. The summed E-state index contributed by atoms with van der Waals surface area (Å²) in [4.78, 5) is 1.48. The smallest absolute Gasteiger partial charge is 0.293 e. The number of hydrogen-bond acceptors (Lipinski definition) is 3. The highest BCUT2D eigenvalue weighted by Gasteiger charge is 2.36. The molecule has 0 aromatic heterocycles. The molecule has 136 valence electrons. The zero-order valence-electron chi connectivity index (χ0n) is 14.3. The van der Waals surface area contributed by atoms with E-state index in [0.29, 0.717) is 17.5 Å². The molecule has 2 rings (SSSR count). The number of alkyl halides is 3. The molecule has 1 atom stereocenters. The minimum Gasteiger partial charge on any atom is -0.293 e. The molecule has 1 unspecified atom stereocenters. The van der Waals surface area contributed by atoms with Crippen LogP contribution in [0, 0.1) is 27.7 Å². The van der Waals surface area contributed by atoms with E-state index in [1.54, 1.807) is 13.8 Å². The zero-order valence-corrected chi connectivity index (χ0v) is 15.1. The lowest BCUT2D eigenvalue weighted by atomic mass is 10.0. The molecule has 1 N–H and O–H groups in total. The summed E-state index contributed by atoms with van der Waals surface area (Å²) in [5, 5.41) is 0. The standard InChI is InChI=1S/C16H23F3N2O2S/c1-10-7-11(2)13(4)15(12(10)3)24(22,23)20-14-5-6-21(8-14)9-16(17,18)19/h7,14,20H,5-6,8-9H2,1-4H3. The number of rotatable bonds is 4. The van der Waals surface area contributed by atoms with Gasteiger partial charge in [-0.05, 0) is 56.4 Å². The largest absolute Gasteiger partial charge is 0.401 e. The van der Waals surface area contributed by atoms with Gasteiger partial charge in [0.05, 0.1) is 11.4 Å². The topological polar surface area (TPSA) is 49.4 Å². The molecule has 0 saturated carbocycles. The van der Waals surface area contributed by atoms with Crippen molar-refractivity contribution in [3.63, 3.8) is 0 Å². The summed E-state index contributed by atoms with van der Waals surface area (Å²) in [6, 6.07) is 1.43. The molecule has 1 aliphatic rings. The van der Waals surface area contributed by atoms with Gasteiger partial charge < -0.3 is 0 Å². The zero-order chi connectivity index (χ0) is 18.3. The fourth-order valence-corrected chi connectivity index (χ4v) is 5.07. The molecule has 0 aliphatic carbocycles. The number of likely N-dealkylation sites (tertiary alicyclic amines) is 1. The fourth-order valence-electron chi connectivity index (χ4n) is 3.19. The quantitative estimate of drug-likeness (QED) is 0.894. The molecule has 1 aliphatic heterocycles. The van der Waals surface area contributed by atoms with Gasteiger partial charge in [-0.2, -0.15) is 13.2 Å². The number of hydrogen-bond donors (Lipinski definition) is 1. The molecule has 0 bridgehead atoms. The van der Waals surface area contributed by atoms with Crippen molar-refractivity contribution in [2.75, 3.05) is 19.6 Å². The Morgan fingerprint density at radius 3 is 2.21 bits per heavy atom. The highest BCUT2D eigenvalue weighted by Crippen LogP contribution is 2.27. The summed E-state index contributed by atoms with van der Waals surface area (Å²) < 4.78 is 65.5. The molecule has 0 radical (unpaired) electrons. The predicted molar refractivity (Wildman–Crippen MR) is 86.6 cm³/mol. The van der Waals surface area contributed by atoms with Crippen LogP contribution in [-0.4, -0.2) is 45.2 Å². The van der Waals surface area contributed by atoms with E-state index in [9.17, 15) is 21.6 Å². The second kappa shape index (κ2) is 6.65. The molecule has 1 aromatic rings. The SMILES string of the molecule is Cc1cc(C)c(C)c(S(=O)(=O)NC2CCN(CC(F)(F)F)C2)c1C. The second-order valence-electron chi connectivity index (χ2n) is 6.55. The molecule has 1 fully saturated rings. The van der Waals surface area contributed by atoms with Crippen LogP contribution in [-0.2, 0) is 10.0 Å². The maximum atomic E-state index is 12.8. The lowest BCUT2D eigenvalue weighted by Gasteiger charge is -2.20. The third-order valence-electron chi connectivity index (χ3n) is 4.56. The molecular formula is C16H23F3N2O2S. The van der Waals surface area contributed by atoms with Crippen molar-refractivity contribution in [3.8, 4) is 0 Å². The summed E-state index contributed by atoms with van der Waals surface area (Å²) in [6.45, 7) is 6.50. The van der Waals surface area contributed by atoms with Crippen molar-refractivity contribution < 1.29 is 21.6 Å². The van der Waals surface area contributed by atoms with Gasteiger partial charge in [0, 0.05) is 19.1 Å². The van der Waals surface area contributed by atoms with Crippen molar-refractivity contribution in [3.05, 3.63) is 28.3 Å². The molecule has 4 nitrogen and oxygen atoms in total. The number of benzene rings is 1. The van der Waals surface area contributed by atoms with Crippen LogP contribution in [0.25, 0.3) is 0 Å². The van der Waals surface area contributed by atoms with Crippen LogP contribution < -0.4 is 4.72 Å². The van der Waals surface area contributed by atoms with Crippen LogP contribution in [0.5, 0.6) is 0 Å². The van der Waals surface area contributed by atoms with Crippen LogP contribution in [0.1, 0.15) is 28.7 Å². The fraction of sp³-hybridized carbons (Fsp3) is 0.625. The number of halogens is 3. The Morgan fingerprint density at radius 2 is 1.71 bits per heavy atom. The highest BCUT2D eigenvalue weighted by atomic mass is 32.2. The highest BCUT2D eigenvalue weighted by molar-refractivity contribution is 7.89. The summed E-state index contributed by atoms with van der Waals surface area (Å²) in [7, 11) is -3.78. The van der Waals surface area contributed by atoms with Crippen molar-refractivity contribution in [1.82, 2.24) is 9.62 Å². The number of sulfonamides is 1. The van der Waals surface area contributed by atoms with Crippen LogP contribution in [0.2, 0.25) is 0 Å².